The molecule has 0 aromatic heterocycles. The van der Waals surface area contributed by atoms with Crippen molar-refractivity contribution in [2.45, 2.75) is 39.2 Å². The van der Waals surface area contributed by atoms with Crippen molar-refractivity contribution in [3.05, 3.63) is 29.3 Å². The summed E-state index contributed by atoms with van der Waals surface area (Å²) >= 11 is 5.91. The molecule has 1 aliphatic heterocycles. The van der Waals surface area contributed by atoms with Gasteiger partial charge in [0.05, 0.1) is 6.54 Å². The fraction of sp³-hybridized carbons (Fsp3) is 0.529. The number of nitriles is 1. The summed E-state index contributed by atoms with van der Waals surface area (Å²) < 4.78 is 0. The Kier molecular flexibility index (Phi) is 6.12. The van der Waals surface area contributed by atoms with E-state index in [-0.39, 0.29) is 17.9 Å². The lowest BCUT2D eigenvalue weighted by Gasteiger charge is -2.38. The van der Waals surface area contributed by atoms with Crippen molar-refractivity contribution in [2.75, 3.05) is 18.4 Å². The molecule has 1 amide bonds. The zero-order valence-electron chi connectivity index (χ0n) is 13.6. The Morgan fingerprint density at radius 3 is 2.61 bits per heavy atom. The van der Waals surface area contributed by atoms with Gasteiger partial charge in [-0.1, -0.05) is 31.9 Å². The van der Waals surface area contributed by atoms with Crippen LogP contribution >= 0.6 is 11.6 Å². The van der Waals surface area contributed by atoms with Crippen LogP contribution in [0, 0.1) is 17.4 Å². The number of nitrogens with zero attached hydrogens (tertiary/aromatic N) is 3. The number of hydrogen-bond acceptors (Lipinski definition) is 4. The number of carbonyl (C=O) groups is 1. The van der Waals surface area contributed by atoms with Gasteiger partial charge in [-0.25, -0.2) is 10.0 Å². The second-order valence-corrected chi connectivity index (χ2v) is 6.34. The standard InChI is InChI=1S/C17H23ClN4O/c1-3-13(2)16(20-15-8-6-14(18)7-9-15)17(23)22-11-5-4-10-21(22)12-19/h6-9,13,16,20H,3-5,10-11H2,1-2H3. The van der Waals surface area contributed by atoms with Crippen molar-refractivity contribution < 1.29 is 4.79 Å². The molecule has 1 fully saturated rings. The van der Waals surface area contributed by atoms with Gasteiger partial charge in [0.15, 0.2) is 6.19 Å². The van der Waals surface area contributed by atoms with Crippen molar-refractivity contribution in [1.82, 2.24) is 10.0 Å². The van der Waals surface area contributed by atoms with Crippen LogP contribution in [0.4, 0.5) is 5.69 Å². The molecule has 2 unspecified atom stereocenters. The number of hydrogen-bond donors (Lipinski definition) is 1. The maximum absolute atomic E-state index is 13.0. The average molecular weight is 335 g/mol. The predicted octanol–water partition coefficient (Wildman–Crippen LogP) is 3.49. The van der Waals surface area contributed by atoms with Gasteiger partial charge in [0, 0.05) is 17.3 Å². The summed E-state index contributed by atoms with van der Waals surface area (Å²) in [5.74, 6) is 0.108. The van der Waals surface area contributed by atoms with E-state index < -0.39 is 0 Å². The molecule has 1 heterocycles. The topological polar surface area (TPSA) is 59.4 Å². The average Bonchev–Trinajstić information content (AvgIpc) is 2.60. The van der Waals surface area contributed by atoms with Crippen molar-refractivity contribution in [3.8, 4) is 6.19 Å². The van der Waals surface area contributed by atoms with E-state index in [1.165, 1.54) is 5.01 Å². The van der Waals surface area contributed by atoms with E-state index in [0.717, 1.165) is 24.9 Å². The van der Waals surface area contributed by atoms with Crippen LogP contribution < -0.4 is 5.32 Å². The molecule has 2 rings (SSSR count). The molecule has 1 aromatic rings. The molecule has 1 N–H and O–H groups in total. The molecule has 0 radical (unpaired) electrons. The van der Waals surface area contributed by atoms with Gasteiger partial charge in [-0.05, 0) is 43.0 Å². The van der Waals surface area contributed by atoms with Crippen LogP contribution in [0.15, 0.2) is 24.3 Å². The molecule has 1 aliphatic rings. The highest BCUT2D eigenvalue weighted by Crippen LogP contribution is 2.21. The second kappa shape index (κ2) is 8.07. The fourth-order valence-corrected chi connectivity index (χ4v) is 2.79. The smallest absolute Gasteiger partial charge is 0.264 e. The summed E-state index contributed by atoms with van der Waals surface area (Å²) in [4.78, 5) is 13.0. The quantitative estimate of drug-likeness (QED) is 0.837. The van der Waals surface area contributed by atoms with Crippen LogP contribution in [-0.2, 0) is 4.79 Å². The number of carbonyl (C=O) groups excluding carboxylic acids is 1. The van der Waals surface area contributed by atoms with Crippen LogP contribution in [0.3, 0.4) is 0 Å². The van der Waals surface area contributed by atoms with E-state index in [4.69, 9.17) is 11.6 Å². The third-order valence-electron chi connectivity index (χ3n) is 4.30. The number of halogens is 1. The Morgan fingerprint density at radius 1 is 1.35 bits per heavy atom. The minimum absolute atomic E-state index is 0.0458. The first-order valence-corrected chi connectivity index (χ1v) is 8.45. The van der Waals surface area contributed by atoms with Gasteiger partial charge in [-0.15, -0.1) is 0 Å². The molecule has 1 aromatic carbocycles. The van der Waals surface area contributed by atoms with E-state index >= 15 is 0 Å². The fourth-order valence-electron chi connectivity index (χ4n) is 2.67. The minimum Gasteiger partial charge on any atom is -0.373 e. The van der Waals surface area contributed by atoms with Gasteiger partial charge in [-0.2, -0.15) is 5.26 Å². The molecule has 23 heavy (non-hydrogen) atoms. The number of hydrazine groups is 1. The monoisotopic (exact) mass is 334 g/mol. The largest absolute Gasteiger partial charge is 0.373 e. The van der Waals surface area contributed by atoms with Crippen LogP contribution in [0.25, 0.3) is 0 Å². The summed E-state index contributed by atoms with van der Waals surface area (Å²) in [5, 5.41) is 16.3. The molecular formula is C17H23ClN4O. The zero-order chi connectivity index (χ0) is 16.8. The molecule has 0 bridgehead atoms. The van der Waals surface area contributed by atoms with Crippen LogP contribution in [0.2, 0.25) is 5.02 Å². The van der Waals surface area contributed by atoms with Gasteiger partial charge in [-0.3, -0.25) is 4.79 Å². The molecule has 0 saturated carbocycles. The molecule has 124 valence electrons. The van der Waals surface area contributed by atoms with Crippen molar-refractivity contribution in [3.63, 3.8) is 0 Å². The first kappa shape index (κ1) is 17.4. The lowest BCUT2D eigenvalue weighted by Crippen LogP contribution is -2.54. The summed E-state index contributed by atoms with van der Waals surface area (Å²) in [5.41, 5.74) is 0.855. The van der Waals surface area contributed by atoms with Crippen molar-refractivity contribution in [1.29, 1.82) is 5.26 Å². The summed E-state index contributed by atoms with van der Waals surface area (Å²) in [6.07, 6.45) is 4.85. The summed E-state index contributed by atoms with van der Waals surface area (Å²) in [7, 11) is 0. The Labute approximate surface area is 142 Å². The minimum atomic E-state index is -0.366. The Bertz CT molecular complexity index is 569. The molecule has 5 nitrogen and oxygen atoms in total. The van der Waals surface area contributed by atoms with E-state index in [9.17, 15) is 10.1 Å². The zero-order valence-corrected chi connectivity index (χ0v) is 14.4. The Morgan fingerprint density at radius 2 is 2.00 bits per heavy atom. The second-order valence-electron chi connectivity index (χ2n) is 5.91. The van der Waals surface area contributed by atoms with Crippen molar-refractivity contribution >= 4 is 23.2 Å². The molecule has 1 saturated heterocycles. The summed E-state index contributed by atoms with van der Waals surface area (Å²) in [6, 6.07) is 6.96. The number of amides is 1. The van der Waals surface area contributed by atoms with E-state index in [1.54, 1.807) is 17.1 Å². The highest BCUT2D eigenvalue weighted by molar-refractivity contribution is 6.30. The first-order valence-electron chi connectivity index (χ1n) is 8.07. The van der Waals surface area contributed by atoms with Crippen LogP contribution in [0.1, 0.15) is 33.1 Å². The van der Waals surface area contributed by atoms with Crippen LogP contribution in [0.5, 0.6) is 0 Å². The van der Waals surface area contributed by atoms with Gasteiger partial charge >= 0.3 is 0 Å². The Balaban J connectivity index is 2.18. The maximum atomic E-state index is 13.0. The number of nitrogens with one attached hydrogen (secondary N) is 1. The van der Waals surface area contributed by atoms with Crippen LogP contribution in [-0.4, -0.2) is 35.1 Å². The molecule has 0 spiro atoms. The van der Waals surface area contributed by atoms with E-state index in [2.05, 4.69) is 18.4 Å². The normalized spacial score (nSPS) is 17.3. The SMILES string of the molecule is CCC(C)C(Nc1ccc(Cl)cc1)C(=O)N1CCCCN1C#N. The maximum Gasteiger partial charge on any atom is 0.264 e. The molecule has 2 atom stereocenters. The van der Waals surface area contributed by atoms with Gasteiger partial charge < -0.3 is 5.32 Å². The highest BCUT2D eigenvalue weighted by atomic mass is 35.5. The molecule has 6 heteroatoms. The first-order chi connectivity index (χ1) is 11.1. The van der Waals surface area contributed by atoms with Gasteiger partial charge in [0.2, 0.25) is 0 Å². The Hall–Kier alpha value is -1.93. The molecular weight excluding hydrogens is 312 g/mol. The summed E-state index contributed by atoms with van der Waals surface area (Å²) in [6.45, 7) is 5.32. The number of rotatable bonds is 5. The third kappa shape index (κ3) is 4.29. The lowest BCUT2D eigenvalue weighted by atomic mass is 9.97. The number of benzene rings is 1. The lowest BCUT2D eigenvalue weighted by molar-refractivity contribution is -0.148. The highest BCUT2D eigenvalue weighted by Gasteiger charge is 2.32. The van der Waals surface area contributed by atoms with Gasteiger partial charge in [0.1, 0.15) is 6.04 Å². The predicted molar refractivity (Wildman–Crippen MR) is 91.6 cm³/mol. The van der Waals surface area contributed by atoms with E-state index in [1.807, 2.05) is 19.1 Å². The third-order valence-corrected chi connectivity index (χ3v) is 4.55. The number of anilines is 1. The molecule has 0 aliphatic carbocycles. The van der Waals surface area contributed by atoms with Crippen molar-refractivity contribution in [2.24, 2.45) is 5.92 Å². The van der Waals surface area contributed by atoms with Gasteiger partial charge in [0.25, 0.3) is 5.91 Å². The van der Waals surface area contributed by atoms with E-state index in [0.29, 0.717) is 18.1 Å².